The summed E-state index contributed by atoms with van der Waals surface area (Å²) in [6.07, 6.45) is 1.14. The molecule has 92 valence electrons. The van der Waals surface area contributed by atoms with E-state index >= 15 is 0 Å². The first-order chi connectivity index (χ1) is 8.20. The zero-order chi connectivity index (χ0) is 12.3. The van der Waals surface area contributed by atoms with Crippen LogP contribution < -0.4 is 5.32 Å². The van der Waals surface area contributed by atoms with Gasteiger partial charge in [-0.1, -0.05) is 6.92 Å². The normalized spacial score (nSPS) is 12.9. The maximum absolute atomic E-state index is 3.60. The van der Waals surface area contributed by atoms with Gasteiger partial charge in [0, 0.05) is 27.2 Å². The van der Waals surface area contributed by atoms with E-state index in [0.717, 1.165) is 13.0 Å². The Bertz CT molecular complexity index is 470. The Morgan fingerprint density at radius 1 is 1.24 bits per heavy atom. The molecule has 1 nitrogen and oxygen atoms in total. The number of hydrogen-bond donors (Lipinski definition) is 1. The number of hydrogen-bond acceptors (Lipinski definition) is 3. The lowest BCUT2D eigenvalue weighted by Crippen LogP contribution is -2.17. The topological polar surface area (TPSA) is 12.0 Å². The van der Waals surface area contributed by atoms with Gasteiger partial charge in [0.15, 0.2) is 0 Å². The Hall–Kier alpha value is -0.640. The lowest BCUT2D eigenvalue weighted by Gasteiger charge is -2.12. The standard InChI is InChI=1S/C14H19NS2/c1-4-12-5-6-13(17-12)9-15-11(3)14-10(2)7-8-16-14/h5-8,11,15H,4,9H2,1-3H3. The zero-order valence-corrected chi connectivity index (χ0v) is 12.3. The molecule has 0 radical (unpaired) electrons. The van der Waals surface area contributed by atoms with Crippen LogP contribution in [0.4, 0.5) is 0 Å². The van der Waals surface area contributed by atoms with E-state index in [1.54, 1.807) is 0 Å². The molecule has 0 aliphatic heterocycles. The van der Waals surface area contributed by atoms with Gasteiger partial charge in [-0.2, -0.15) is 0 Å². The van der Waals surface area contributed by atoms with Gasteiger partial charge in [0.25, 0.3) is 0 Å². The highest BCUT2D eigenvalue weighted by atomic mass is 32.1. The fourth-order valence-electron chi connectivity index (χ4n) is 1.88. The Labute approximate surface area is 112 Å². The molecule has 0 aliphatic carbocycles. The van der Waals surface area contributed by atoms with Crippen molar-refractivity contribution in [3.63, 3.8) is 0 Å². The Balaban J connectivity index is 1.92. The van der Waals surface area contributed by atoms with Gasteiger partial charge in [-0.3, -0.25) is 0 Å². The van der Waals surface area contributed by atoms with Crippen LogP contribution in [0.5, 0.6) is 0 Å². The zero-order valence-electron chi connectivity index (χ0n) is 10.6. The van der Waals surface area contributed by atoms with E-state index in [4.69, 9.17) is 0 Å². The summed E-state index contributed by atoms with van der Waals surface area (Å²) in [6.45, 7) is 7.61. The van der Waals surface area contributed by atoms with Gasteiger partial charge in [-0.15, -0.1) is 22.7 Å². The SMILES string of the molecule is CCc1ccc(CNC(C)c2sccc2C)s1. The second-order valence-electron chi connectivity index (χ2n) is 4.29. The van der Waals surface area contributed by atoms with E-state index in [9.17, 15) is 0 Å². The van der Waals surface area contributed by atoms with Crippen LogP contribution in [0.2, 0.25) is 0 Å². The van der Waals surface area contributed by atoms with Gasteiger partial charge in [0.1, 0.15) is 0 Å². The maximum atomic E-state index is 3.60. The van der Waals surface area contributed by atoms with Crippen molar-refractivity contribution in [3.05, 3.63) is 43.8 Å². The van der Waals surface area contributed by atoms with Crippen LogP contribution >= 0.6 is 22.7 Å². The van der Waals surface area contributed by atoms with Crippen molar-refractivity contribution >= 4 is 22.7 Å². The molecule has 0 amide bonds. The lowest BCUT2D eigenvalue weighted by atomic mass is 10.2. The maximum Gasteiger partial charge on any atom is 0.0391 e. The Morgan fingerprint density at radius 2 is 2.00 bits per heavy atom. The molecule has 2 aromatic heterocycles. The van der Waals surface area contributed by atoms with E-state index < -0.39 is 0 Å². The van der Waals surface area contributed by atoms with E-state index in [2.05, 4.69) is 49.7 Å². The molecule has 0 saturated carbocycles. The Kier molecular flexibility index (Phi) is 4.37. The minimum Gasteiger partial charge on any atom is -0.305 e. The summed E-state index contributed by atoms with van der Waals surface area (Å²) in [5.74, 6) is 0. The molecule has 0 aliphatic rings. The molecule has 2 heterocycles. The first-order valence-corrected chi connectivity index (χ1v) is 7.75. The molecular formula is C14H19NS2. The molecule has 0 fully saturated rings. The van der Waals surface area contributed by atoms with Crippen molar-refractivity contribution in [2.45, 2.75) is 39.8 Å². The summed E-state index contributed by atoms with van der Waals surface area (Å²) in [5, 5.41) is 5.77. The first-order valence-electron chi connectivity index (χ1n) is 6.05. The average molecular weight is 265 g/mol. The first kappa shape index (κ1) is 12.8. The predicted molar refractivity (Wildman–Crippen MR) is 78.0 cm³/mol. The molecular weight excluding hydrogens is 246 g/mol. The second-order valence-corrected chi connectivity index (χ2v) is 6.49. The molecule has 0 spiro atoms. The minimum atomic E-state index is 0.446. The number of rotatable bonds is 5. The highest BCUT2D eigenvalue weighted by molar-refractivity contribution is 7.12. The highest BCUT2D eigenvalue weighted by Crippen LogP contribution is 2.24. The minimum absolute atomic E-state index is 0.446. The van der Waals surface area contributed by atoms with Gasteiger partial charge in [-0.05, 0) is 49.4 Å². The third-order valence-corrected chi connectivity index (χ3v) is 5.37. The van der Waals surface area contributed by atoms with Crippen LogP contribution in [0.1, 0.15) is 40.1 Å². The third-order valence-electron chi connectivity index (χ3n) is 2.94. The van der Waals surface area contributed by atoms with Gasteiger partial charge < -0.3 is 5.32 Å². The van der Waals surface area contributed by atoms with Crippen LogP contribution in [0.15, 0.2) is 23.6 Å². The smallest absolute Gasteiger partial charge is 0.0391 e. The number of aryl methyl sites for hydroxylation is 2. The summed E-state index contributed by atoms with van der Waals surface area (Å²) >= 11 is 3.76. The van der Waals surface area contributed by atoms with Crippen LogP contribution in [0.3, 0.4) is 0 Å². The van der Waals surface area contributed by atoms with Gasteiger partial charge in [-0.25, -0.2) is 0 Å². The highest BCUT2D eigenvalue weighted by Gasteiger charge is 2.09. The summed E-state index contributed by atoms with van der Waals surface area (Å²) in [5.41, 5.74) is 1.40. The Morgan fingerprint density at radius 3 is 2.59 bits per heavy atom. The van der Waals surface area contributed by atoms with Gasteiger partial charge in [0.2, 0.25) is 0 Å². The quantitative estimate of drug-likeness (QED) is 0.837. The van der Waals surface area contributed by atoms with Crippen molar-refractivity contribution in [3.8, 4) is 0 Å². The number of thiophene rings is 2. The molecule has 1 N–H and O–H groups in total. The second kappa shape index (κ2) is 5.80. The van der Waals surface area contributed by atoms with E-state index in [0.29, 0.717) is 6.04 Å². The molecule has 1 unspecified atom stereocenters. The fraction of sp³-hybridized carbons (Fsp3) is 0.429. The van der Waals surface area contributed by atoms with Crippen LogP contribution in [0.25, 0.3) is 0 Å². The summed E-state index contributed by atoms with van der Waals surface area (Å²) < 4.78 is 0. The van der Waals surface area contributed by atoms with Gasteiger partial charge >= 0.3 is 0 Å². The van der Waals surface area contributed by atoms with Gasteiger partial charge in [0.05, 0.1) is 0 Å². The molecule has 0 aromatic carbocycles. The summed E-state index contributed by atoms with van der Waals surface area (Å²) in [4.78, 5) is 4.36. The molecule has 0 saturated heterocycles. The van der Waals surface area contributed by atoms with Crippen LogP contribution in [-0.2, 0) is 13.0 Å². The van der Waals surface area contributed by atoms with Crippen molar-refractivity contribution in [2.24, 2.45) is 0 Å². The molecule has 2 rings (SSSR count). The van der Waals surface area contributed by atoms with Crippen LogP contribution in [0, 0.1) is 6.92 Å². The van der Waals surface area contributed by atoms with E-state index in [1.165, 1.54) is 20.2 Å². The molecule has 3 heteroatoms. The largest absolute Gasteiger partial charge is 0.305 e. The lowest BCUT2D eigenvalue weighted by molar-refractivity contribution is 0.585. The van der Waals surface area contributed by atoms with Crippen molar-refractivity contribution in [1.82, 2.24) is 5.32 Å². The molecule has 1 atom stereocenters. The molecule has 0 bridgehead atoms. The molecule has 17 heavy (non-hydrogen) atoms. The van der Waals surface area contributed by atoms with Crippen LogP contribution in [-0.4, -0.2) is 0 Å². The fourth-order valence-corrected chi connectivity index (χ4v) is 3.75. The third kappa shape index (κ3) is 3.18. The summed E-state index contributed by atoms with van der Waals surface area (Å²) in [7, 11) is 0. The van der Waals surface area contributed by atoms with Crippen molar-refractivity contribution in [1.29, 1.82) is 0 Å². The summed E-state index contributed by atoms with van der Waals surface area (Å²) in [6, 6.07) is 7.12. The van der Waals surface area contributed by atoms with Crippen molar-refractivity contribution < 1.29 is 0 Å². The molecule has 2 aromatic rings. The van der Waals surface area contributed by atoms with Crippen molar-refractivity contribution in [2.75, 3.05) is 0 Å². The predicted octanol–water partition coefficient (Wildman–Crippen LogP) is 4.53. The number of nitrogens with one attached hydrogen (secondary N) is 1. The van der Waals surface area contributed by atoms with E-state index in [1.807, 2.05) is 22.7 Å². The van der Waals surface area contributed by atoms with E-state index in [-0.39, 0.29) is 0 Å². The average Bonchev–Trinajstić information content (AvgIpc) is 2.94. The monoisotopic (exact) mass is 265 g/mol.